The molecular formula is C30H32ClF3N10O6S. The Morgan fingerprint density at radius 1 is 1.14 bits per heavy atom. The van der Waals surface area contributed by atoms with E-state index in [1.54, 1.807) is 24.9 Å². The number of piperazine rings is 1. The summed E-state index contributed by atoms with van der Waals surface area (Å²) in [5.41, 5.74) is -0.176. The first-order valence-corrected chi connectivity index (χ1v) is 17.5. The van der Waals surface area contributed by atoms with E-state index in [0.29, 0.717) is 31.4 Å². The predicted molar refractivity (Wildman–Crippen MR) is 178 cm³/mol. The highest BCUT2D eigenvalue weighted by molar-refractivity contribution is 7.90. The van der Waals surface area contributed by atoms with E-state index in [1.165, 1.54) is 20.3 Å². The first-order chi connectivity index (χ1) is 24.2. The zero-order valence-electron chi connectivity index (χ0n) is 27.3. The molecule has 1 aromatic carbocycles. The Hall–Kier alpha value is -4.95. The Bertz CT molecular complexity index is 2210. The van der Waals surface area contributed by atoms with E-state index in [4.69, 9.17) is 16.3 Å². The fourth-order valence-electron chi connectivity index (χ4n) is 5.83. The third-order valence-electron chi connectivity index (χ3n) is 8.38. The van der Waals surface area contributed by atoms with Crippen LogP contribution in [0.1, 0.15) is 30.4 Å². The van der Waals surface area contributed by atoms with Gasteiger partial charge in [-0.3, -0.25) is 14.3 Å². The lowest BCUT2D eigenvalue weighted by atomic mass is 10.1. The highest BCUT2D eigenvalue weighted by atomic mass is 35.5. The second kappa shape index (κ2) is 14.0. The molecule has 0 saturated carbocycles. The number of fused-ring (bicyclic) bond motifs is 1. The molecule has 3 amide bonds. The maximum atomic E-state index is 14.1. The molecule has 2 N–H and O–H groups in total. The topological polar surface area (TPSA) is 178 Å². The second-order valence-corrected chi connectivity index (χ2v) is 13.8. The Morgan fingerprint density at radius 2 is 1.88 bits per heavy atom. The van der Waals surface area contributed by atoms with Gasteiger partial charge in [0.1, 0.15) is 17.1 Å². The summed E-state index contributed by atoms with van der Waals surface area (Å²) in [6.07, 6.45) is 0.288. The van der Waals surface area contributed by atoms with Crippen LogP contribution in [0.4, 0.5) is 29.3 Å². The smallest absolute Gasteiger partial charge is 0.377 e. The van der Waals surface area contributed by atoms with E-state index in [1.807, 2.05) is 4.72 Å². The number of amides is 3. The van der Waals surface area contributed by atoms with Crippen LogP contribution in [-0.4, -0.2) is 93.6 Å². The lowest BCUT2D eigenvalue weighted by Crippen LogP contribution is -2.54. The number of rotatable bonds is 8. The van der Waals surface area contributed by atoms with Gasteiger partial charge in [0.15, 0.2) is 5.82 Å². The standard InChI is InChI=1S/C30H32ClF3N10O6S/c1-3-23-25(41-8-10-42(11-9-41)29(47)39-51(48,49)20-15-35-40(2)16-20)27(46)44-28(37-26(38-44)18-6-12-50-13-7-18)43(23)17-24(45)36-22-5-4-19(14-21(22)31)30(32,33)34/h4-6,14-16H,3,7-13,17H2,1-2H3,(H,36,45)(H,39,47). The maximum absolute atomic E-state index is 14.1. The summed E-state index contributed by atoms with van der Waals surface area (Å²) in [5.74, 6) is -0.324. The number of ether oxygens (including phenoxy) is 1. The predicted octanol–water partition coefficient (Wildman–Crippen LogP) is 2.52. The number of anilines is 2. The van der Waals surface area contributed by atoms with Crippen LogP contribution < -0.4 is 20.5 Å². The molecule has 51 heavy (non-hydrogen) atoms. The largest absolute Gasteiger partial charge is 0.416 e. The molecule has 0 bridgehead atoms. The summed E-state index contributed by atoms with van der Waals surface area (Å²) >= 11 is 6.09. The minimum Gasteiger partial charge on any atom is -0.377 e. The summed E-state index contributed by atoms with van der Waals surface area (Å²) in [4.78, 5) is 48.0. The average molecular weight is 753 g/mol. The lowest BCUT2D eigenvalue weighted by molar-refractivity contribution is -0.137. The number of nitrogens with one attached hydrogen (secondary N) is 2. The first kappa shape index (κ1) is 35.9. The van der Waals surface area contributed by atoms with E-state index in [-0.39, 0.29) is 65.5 Å². The fourth-order valence-corrected chi connectivity index (χ4v) is 7.01. The van der Waals surface area contributed by atoms with Gasteiger partial charge in [0.2, 0.25) is 11.7 Å². The number of sulfonamides is 1. The summed E-state index contributed by atoms with van der Waals surface area (Å²) in [6, 6.07) is 1.73. The molecule has 4 aromatic rings. The molecule has 1 fully saturated rings. The molecule has 0 atom stereocenters. The second-order valence-electron chi connectivity index (χ2n) is 11.7. The SMILES string of the molecule is CCc1c(N2CCN(C(=O)NS(=O)(=O)c3cnn(C)c3)CC2)c(=O)n2nc(C3=CCOCC3)nc2n1CC(=O)Nc1ccc(C(F)(F)F)cc1Cl. The number of nitrogens with zero attached hydrogens (tertiary/aromatic N) is 8. The molecule has 3 aromatic heterocycles. The Kier molecular flexibility index (Phi) is 9.84. The van der Waals surface area contributed by atoms with Crippen molar-refractivity contribution >= 4 is 56.3 Å². The van der Waals surface area contributed by atoms with Gasteiger partial charge in [0.25, 0.3) is 15.6 Å². The molecule has 16 nitrogen and oxygen atoms in total. The van der Waals surface area contributed by atoms with Gasteiger partial charge in [-0.2, -0.15) is 27.8 Å². The lowest BCUT2D eigenvalue weighted by Gasteiger charge is -2.36. The number of halogens is 4. The van der Waals surface area contributed by atoms with E-state index in [2.05, 4.69) is 20.5 Å². The van der Waals surface area contributed by atoms with Crippen LogP contribution in [0.25, 0.3) is 11.4 Å². The van der Waals surface area contributed by atoms with E-state index >= 15 is 0 Å². The minimum atomic E-state index is -4.63. The number of carbonyl (C=O) groups is 2. The van der Waals surface area contributed by atoms with Crippen molar-refractivity contribution in [2.75, 3.05) is 49.6 Å². The quantitative estimate of drug-likeness (QED) is 0.272. The van der Waals surface area contributed by atoms with Crippen molar-refractivity contribution in [2.45, 2.75) is 37.4 Å². The number of carbonyl (C=O) groups excluding carboxylic acids is 2. The maximum Gasteiger partial charge on any atom is 0.416 e. The summed E-state index contributed by atoms with van der Waals surface area (Å²) < 4.78 is 76.2. The van der Waals surface area contributed by atoms with Crippen LogP contribution in [-0.2, 0) is 45.7 Å². The van der Waals surface area contributed by atoms with Crippen molar-refractivity contribution in [3.8, 4) is 0 Å². The molecule has 0 aliphatic carbocycles. The average Bonchev–Trinajstić information content (AvgIpc) is 3.74. The van der Waals surface area contributed by atoms with Crippen LogP contribution in [0.3, 0.4) is 0 Å². The normalized spacial score (nSPS) is 15.6. The molecule has 0 radical (unpaired) electrons. The molecule has 2 aliphatic rings. The molecule has 21 heteroatoms. The van der Waals surface area contributed by atoms with E-state index in [9.17, 15) is 36.0 Å². The van der Waals surface area contributed by atoms with Gasteiger partial charge in [-0.15, -0.1) is 5.10 Å². The number of hydrogen-bond acceptors (Lipinski definition) is 10. The van der Waals surface area contributed by atoms with Gasteiger partial charge in [-0.1, -0.05) is 24.6 Å². The van der Waals surface area contributed by atoms with Crippen LogP contribution in [0.2, 0.25) is 5.02 Å². The summed E-state index contributed by atoms with van der Waals surface area (Å²) in [6.45, 7) is 2.49. The Labute approximate surface area is 293 Å². The molecular weight excluding hydrogens is 721 g/mol. The minimum absolute atomic E-state index is 0.0422. The van der Waals surface area contributed by atoms with Crippen molar-refractivity contribution in [2.24, 2.45) is 7.05 Å². The number of hydrogen-bond donors (Lipinski definition) is 2. The van der Waals surface area contributed by atoms with Crippen LogP contribution in [0, 0.1) is 0 Å². The van der Waals surface area contributed by atoms with Crippen molar-refractivity contribution in [3.63, 3.8) is 0 Å². The van der Waals surface area contributed by atoms with Crippen molar-refractivity contribution in [3.05, 3.63) is 69.1 Å². The number of aromatic nitrogens is 6. The van der Waals surface area contributed by atoms with Gasteiger partial charge in [0, 0.05) is 39.4 Å². The van der Waals surface area contributed by atoms with Gasteiger partial charge < -0.3 is 24.4 Å². The zero-order chi connectivity index (χ0) is 36.7. The van der Waals surface area contributed by atoms with Gasteiger partial charge in [-0.25, -0.2) is 17.9 Å². The van der Waals surface area contributed by atoms with Crippen molar-refractivity contribution in [1.29, 1.82) is 0 Å². The van der Waals surface area contributed by atoms with Gasteiger partial charge in [0.05, 0.1) is 41.4 Å². The highest BCUT2D eigenvalue weighted by Gasteiger charge is 2.32. The van der Waals surface area contributed by atoms with Gasteiger partial charge >= 0.3 is 12.2 Å². The number of alkyl halides is 3. The molecule has 5 heterocycles. The molecule has 1 saturated heterocycles. The van der Waals surface area contributed by atoms with Crippen molar-refractivity contribution in [1.82, 2.24) is 38.6 Å². The summed E-state index contributed by atoms with van der Waals surface area (Å²) in [7, 11) is -2.63. The Balaban J connectivity index is 1.30. The van der Waals surface area contributed by atoms with E-state index in [0.717, 1.165) is 28.4 Å². The van der Waals surface area contributed by atoms with Gasteiger partial charge in [-0.05, 0) is 36.6 Å². The zero-order valence-corrected chi connectivity index (χ0v) is 28.8. The third kappa shape index (κ3) is 7.42. The number of aryl methyl sites for hydroxylation is 1. The van der Waals surface area contributed by atoms with E-state index < -0.39 is 45.8 Å². The molecule has 6 rings (SSSR count). The van der Waals surface area contributed by atoms with Crippen LogP contribution in [0.15, 0.2) is 46.4 Å². The Morgan fingerprint density at radius 3 is 2.49 bits per heavy atom. The molecule has 0 spiro atoms. The number of urea groups is 1. The first-order valence-electron chi connectivity index (χ1n) is 15.7. The van der Waals surface area contributed by atoms with Crippen LogP contribution in [0.5, 0.6) is 0 Å². The molecule has 0 unspecified atom stereocenters. The number of benzene rings is 1. The summed E-state index contributed by atoms with van der Waals surface area (Å²) in [5, 5.41) is 10.6. The molecule has 272 valence electrons. The molecule has 2 aliphatic heterocycles. The van der Waals surface area contributed by atoms with Crippen LogP contribution >= 0.6 is 11.6 Å². The monoisotopic (exact) mass is 752 g/mol. The van der Waals surface area contributed by atoms with Crippen molar-refractivity contribution < 1.29 is 35.9 Å². The highest BCUT2D eigenvalue weighted by Crippen LogP contribution is 2.34. The third-order valence-corrected chi connectivity index (χ3v) is 9.97. The fraction of sp³-hybridized carbons (Fsp3) is 0.400.